The molecule has 0 aliphatic rings. The number of unbranched alkanes of at least 4 members (excludes halogenated alkanes) is 1. The highest BCUT2D eigenvalue weighted by molar-refractivity contribution is 5.76. The molecule has 1 aromatic carbocycles. The Morgan fingerprint density at radius 3 is 2.63 bits per heavy atom. The van der Waals surface area contributed by atoms with Crippen molar-refractivity contribution in [1.82, 2.24) is 15.5 Å². The fraction of sp³-hybridized carbons (Fsp3) is 0.474. The fourth-order valence-corrected chi connectivity index (χ4v) is 2.37. The molecular formula is C19H25N3O5. The number of aryl methyl sites for hydroxylation is 1. The van der Waals surface area contributed by atoms with E-state index >= 15 is 0 Å². The van der Waals surface area contributed by atoms with Crippen LogP contribution in [0.2, 0.25) is 0 Å². The monoisotopic (exact) mass is 375 g/mol. The number of nitrogens with one attached hydrogen (secondary N) is 1. The SMILES string of the molecule is CCOc1ccc(-c2noc(CCC(=O)NCCCCC(=O)OC)n2)cc1. The van der Waals surface area contributed by atoms with Gasteiger partial charge in [0.25, 0.3) is 0 Å². The first kappa shape index (κ1) is 20.4. The summed E-state index contributed by atoms with van der Waals surface area (Å²) in [6, 6.07) is 7.42. The number of rotatable bonds is 11. The van der Waals surface area contributed by atoms with Crippen molar-refractivity contribution in [2.45, 2.75) is 39.0 Å². The smallest absolute Gasteiger partial charge is 0.305 e. The number of ether oxygens (including phenoxy) is 2. The van der Waals surface area contributed by atoms with Crippen molar-refractivity contribution < 1.29 is 23.6 Å². The minimum atomic E-state index is -0.235. The van der Waals surface area contributed by atoms with Crippen molar-refractivity contribution in [2.75, 3.05) is 20.3 Å². The van der Waals surface area contributed by atoms with Gasteiger partial charge in [0, 0.05) is 31.4 Å². The minimum Gasteiger partial charge on any atom is -0.494 e. The average molecular weight is 375 g/mol. The fourth-order valence-electron chi connectivity index (χ4n) is 2.37. The summed E-state index contributed by atoms with van der Waals surface area (Å²) >= 11 is 0. The van der Waals surface area contributed by atoms with Gasteiger partial charge in [0.2, 0.25) is 17.6 Å². The zero-order valence-corrected chi connectivity index (χ0v) is 15.7. The summed E-state index contributed by atoms with van der Waals surface area (Å²) in [4.78, 5) is 27.1. The molecule has 0 atom stereocenters. The Kier molecular flexibility index (Phi) is 8.28. The van der Waals surface area contributed by atoms with Crippen LogP contribution in [0.1, 0.15) is 38.5 Å². The Hall–Kier alpha value is -2.90. The maximum atomic E-state index is 11.8. The molecule has 27 heavy (non-hydrogen) atoms. The predicted octanol–water partition coefficient (Wildman–Crippen LogP) is 2.53. The standard InChI is InChI=1S/C19H25N3O5/c1-3-26-15-9-7-14(8-10-15)19-21-17(27-22-19)12-11-16(23)20-13-5-4-6-18(24)25-2/h7-10H,3-6,11-13H2,1-2H3,(H,20,23). The number of nitrogens with zero attached hydrogens (tertiary/aromatic N) is 2. The summed E-state index contributed by atoms with van der Waals surface area (Å²) in [5, 5.41) is 6.76. The van der Waals surface area contributed by atoms with Gasteiger partial charge < -0.3 is 19.3 Å². The van der Waals surface area contributed by atoms with Gasteiger partial charge in [0.05, 0.1) is 13.7 Å². The van der Waals surface area contributed by atoms with Gasteiger partial charge in [-0.05, 0) is 44.0 Å². The zero-order chi connectivity index (χ0) is 19.5. The molecule has 8 nitrogen and oxygen atoms in total. The lowest BCUT2D eigenvalue weighted by Crippen LogP contribution is -2.24. The quantitative estimate of drug-likeness (QED) is 0.475. The van der Waals surface area contributed by atoms with Gasteiger partial charge in [-0.3, -0.25) is 9.59 Å². The van der Waals surface area contributed by atoms with E-state index in [9.17, 15) is 9.59 Å². The Morgan fingerprint density at radius 2 is 1.93 bits per heavy atom. The number of benzene rings is 1. The number of aromatic nitrogens is 2. The molecule has 0 saturated carbocycles. The molecule has 0 saturated heterocycles. The third-order valence-corrected chi connectivity index (χ3v) is 3.82. The van der Waals surface area contributed by atoms with E-state index in [4.69, 9.17) is 9.26 Å². The molecule has 146 valence electrons. The first-order valence-corrected chi connectivity index (χ1v) is 9.01. The minimum absolute atomic E-state index is 0.0890. The third-order valence-electron chi connectivity index (χ3n) is 3.82. The number of amides is 1. The van der Waals surface area contributed by atoms with E-state index < -0.39 is 0 Å². The number of hydrogen-bond acceptors (Lipinski definition) is 7. The molecule has 0 bridgehead atoms. The molecular weight excluding hydrogens is 350 g/mol. The maximum Gasteiger partial charge on any atom is 0.305 e. The van der Waals surface area contributed by atoms with E-state index in [1.807, 2.05) is 31.2 Å². The second kappa shape index (κ2) is 10.9. The van der Waals surface area contributed by atoms with Gasteiger partial charge in [0.15, 0.2) is 0 Å². The molecule has 0 unspecified atom stereocenters. The largest absolute Gasteiger partial charge is 0.494 e. The van der Waals surface area contributed by atoms with Crippen molar-refractivity contribution in [3.63, 3.8) is 0 Å². The van der Waals surface area contributed by atoms with Gasteiger partial charge in [0.1, 0.15) is 5.75 Å². The third kappa shape index (κ3) is 7.08. The first-order chi connectivity index (χ1) is 13.1. The molecule has 0 aliphatic carbocycles. The Balaban J connectivity index is 1.70. The molecule has 8 heteroatoms. The number of hydrogen-bond donors (Lipinski definition) is 1. The molecule has 2 aromatic rings. The average Bonchev–Trinajstić information content (AvgIpc) is 3.16. The molecule has 0 fully saturated rings. The molecule has 0 spiro atoms. The van der Waals surface area contributed by atoms with Crippen LogP contribution in [-0.4, -0.2) is 42.3 Å². The van der Waals surface area contributed by atoms with Crippen LogP contribution >= 0.6 is 0 Å². The highest BCUT2D eigenvalue weighted by Crippen LogP contribution is 2.20. The van der Waals surface area contributed by atoms with E-state index in [0.29, 0.717) is 44.1 Å². The maximum absolute atomic E-state index is 11.8. The molecule has 0 aliphatic heterocycles. The number of carbonyl (C=O) groups is 2. The lowest BCUT2D eigenvalue weighted by molar-refractivity contribution is -0.140. The summed E-state index contributed by atoms with van der Waals surface area (Å²) in [7, 11) is 1.36. The highest BCUT2D eigenvalue weighted by Gasteiger charge is 2.11. The summed E-state index contributed by atoms with van der Waals surface area (Å²) in [6.45, 7) is 3.06. The van der Waals surface area contributed by atoms with Gasteiger partial charge in [-0.1, -0.05) is 5.16 Å². The molecule has 1 N–H and O–H groups in total. The lowest BCUT2D eigenvalue weighted by Gasteiger charge is -2.03. The van der Waals surface area contributed by atoms with E-state index in [0.717, 1.165) is 17.7 Å². The van der Waals surface area contributed by atoms with Crippen molar-refractivity contribution in [3.05, 3.63) is 30.2 Å². The van der Waals surface area contributed by atoms with Crippen molar-refractivity contribution in [3.8, 4) is 17.1 Å². The molecule has 1 heterocycles. The van der Waals surface area contributed by atoms with E-state index in [-0.39, 0.29) is 18.3 Å². The van der Waals surface area contributed by atoms with E-state index in [2.05, 4.69) is 20.2 Å². The van der Waals surface area contributed by atoms with Crippen LogP contribution in [0.15, 0.2) is 28.8 Å². The topological polar surface area (TPSA) is 104 Å². The lowest BCUT2D eigenvalue weighted by atomic mass is 10.2. The van der Waals surface area contributed by atoms with Crippen LogP contribution in [0.4, 0.5) is 0 Å². The molecule has 1 amide bonds. The Morgan fingerprint density at radius 1 is 1.15 bits per heavy atom. The predicted molar refractivity (Wildman–Crippen MR) is 98.1 cm³/mol. The van der Waals surface area contributed by atoms with Crippen LogP contribution in [0.3, 0.4) is 0 Å². The van der Waals surface area contributed by atoms with Gasteiger partial charge in [-0.15, -0.1) is 0 Å². The summed E-state index contributed by atoms with van der Waals surface area (Å²) < 4.78 is 15.2. The van der Waals surface area contributed by atoms with Crippen molar-refractivity contribution in [2.24, 2.45) is 0 Å². The number of methoxy groups -OCH3 is 1. The summed E-state index contributed by atoms with van der Waals surface area (Å²) in [5.41, 5.74) is 0.823. The zero-order valence-electron chi connectivity index (χ0n) is 15.7. The van der Waals surface area contributed by atoms with Crippen LogP contribution in [0.25, 0.3) is 11.4 Å². The van der Waals surface area contributed by atoms with E-state index in [1.165, 1.54) is 7.11 Å². The Bertz CT molecular complexity index is 727. The van der Waals surface area contributed by atoms with E-state index in [1.54, 1.807) is 0 Å². The summed E-state index contributed by atoms with van der Waals surface area (Å²) in [5.74, 6) is 1.36. The molecule has 2 rings (SSSR count). The van der Waals surface area contributed by atoms with Crippen LogP contribution < -0.4 is 10.1 Å². The normalized spacial score (nSPS) is 10.4. The highest BCUT2D eigenvalue weighted by atomic mass is 16.5. The van der Waals surface area contributed by atoms with Crippen LogP contribution in [0, 0.1) is 0 Å². The van der Waals surface area contributed by atoms with Crippen LogP contribution in [-0.2, 0) is 20.7 Å². The second-order valence-corrected chi connectivity index (χ2v) is 5.85. The first-order valence-electron chi connectivity index (χ1n) is 9.01. The van der Waals surface area contributed by atoms with Gasteiger partial charge in [-0.25, -0.2) is 0 Å². The molecule has 1 aromatic heterocycles. The van der Waals surface area contributed by atoms with Gasteiger partial charge in [-0.2, -0.15) is 4.98 Å². The van der Waals surface area contributed by atoms with Gasteiger partial charge >= 0.3 is 5.97 Å². The van der Waals surface area contributed by atoms with Crippen molar-refractivity contribution >= 4 is 11.9 Å². The molecule has 0 radical (unpaired) electrons. The summed E-state index contributed by atoms with van der Waals surface area (Å²) in [6.07, 6.45) is 2.41. The number of carbonyl (C=O) groups excluding carboxylic acids is 2. The number of esters is 1. The second-order valence-electron chi connectivity index (χ2n) is 5.85. The Labute approximate surface area is 158 Å². The van der Waals surface area contributed by atoms with Crippen molar-refractivity contribution in [1.29, 1.82) is 0 Å². The van der Waals surface area contributed by atoms with Crippen LogP contribution in [0.5, 0.6) is 5.75 Å².